The van der Waals surface area contributed by atoms with Crippen LogP contribution in [0.3, 0.4) is 0 Å². The van der Waals surface area contributed by atoms with Crippen LogP contribution in [0.15, 0.2) is 11.6 Å². The van der Waals surface area contributed by atoms with Crippen molar-refractivity contribution in [3.63, 3.8) is 0 Å². The van der Waals surface area contributed by atoms with E-state index in [4.69, 9.17) is 0 Å². The highest BCUT2D eigenvalue weighted by Gasteiger charge is 2.63. The lowest BCUT2D eigenvalue weighted by Gasteiger charge is -2.25. The molecule has 0 nitrogen and oxygen atoms in total. The smallest absolute Gasteiger partial charge is 0.0172 e. The van der Waals surface area contributed by atoms with Crippen LogP contribution in [0.4, 0.5) is 0 Å². The molecule has 0 spiro atoms. The molecule has 2 fully saturated rings. The summed E-state index contributed by atoms with van der Waals surface area (Å²) in [6, 6.07) is 0. The molecule has 15 heavy (non-hydrogen) atoms. The third kappa shape index (κ3) is 1.20. The van der Waals surface area contributed by atoms with E-state index in [9.17, 15) is 0 Å². The molecule has 0 N–H and O–H groups in total. The van der Waals surface area contributed by atoms with E-state index in [1.807, 2.05) is 0 Å². The summed E-state index contributed by atoms with van der Waals surface area (Å²) in [6.07, 6.45) is 6.87. The Kier molecular flexibility index (Phi) is 1.92. The minimum atomic E-state index is 0.652. The predicted molar refractivity (Wildman–Crippen MR) is 64.5 cm³/mol. The van der Waals surface area contributed by atoms with Crippen molar-refractivity contribution in [3.8, 4) is 0 Å². The number of rotatable bonds is 0. The zero-order valence-electron chi connectivity index (χ0n) is 10.6. The summed E-state index contributed by atoms with van der Waals surface area (Å²) in [4.78, 5) is 0. The largest absolute Gasteiger partial charge is 0.0850 e. The Morgan fingerprint density at radius 2 is 2.00 bits per heavy atom. The third-order valence-corrected chi connectivity index (χ3v) is 5.89. The standard InChI is InChI=1S/C15H24/c1-9-6-8-12-14(15(12,3)4)13-10(2)5-7-11(9)13/h6,10-14H,5,7-8H2,1-4H3/t10-,11+,12-,13-,14-/m0/s1. The first-order chi connectivity index (χ1) is 7.03. The van der Waals surface area contributed by atoms with Gasteiger partial charge in [-0.1, -0.05) is 32.4 Å². The van der Waals surface area contributed by atoms with Crippen LogP contribution >= 0.6 is 0 Å². The second-order valence-electron chi connectivity index (χ2n) is 6.88. The Labute approximate surface area is 94.1 Å². The Hall–Kier alpha value is -0.260. The molecule has 0 bridgehead atoms. The Bertz CT molecular complexity index is 310. The second-order valence-corrected chi connectivity index (χ2v) is 6.88. The normalized spacial score (nSPS) is 51.5. The van der Waals surface area contributed by atoms with E-state index >= 15 is 0 Å². The first kappa shape index (κ1) is 9.93. The van der Waals surface area contributed by atoms with E-state index < -0.39 is 0 Å². The minimum Gasteiger partial charge on any atom is -0.0850 e. The van der Waals surface area contributed by atoms with Crippen molar-refractivity contribution >= 4 is 0 Å². The van der Waals surface area contributed by atoms with E-state index in [1.165, 1.54) is 19.3 Å². The molecule has 0 aliphatic heterocycles. The van der Waals surface area contributed by atoms with Gasteiger partial charge >= 0.3 is 0 Å². The van der Waals surface area contributed by atoms with Gasteiger partial charge < -0.3 is 0 Å². The number of fused-ring (bicyclic) bond motifs is 3. The summed E-state index contributed by atoms with van der Waals surface area (Å²) in [7, 11) is 0. The number of hydrogen-bond acceptors (Lipinski definition) is 0. The van der Waals surface area contributed by atoms with E-state index in [1.54, 1.807) is 5.57 Å². The molecule has 0 amide bonds. The summed E-state index contributed by atoms with van der Waals surface area (Å²) in [6.45, 7) is 9.88. The molecule has 0 saturated heterocycles. The van der Waals surface area contributed by atoms with Crippen molar-refractivity contribution in [2.24, 2.45) is 35.0 Å². The maximum atomic E-state index is 2.56. The monoisotopic (exact) mass is 204 g/mol. The van der Waals surface area contributed by atoms with Gasteiger partial charge in [0.05, 0.1) is 0 Å². The molecule has 0 heterocycles. The Balaban J connectivity index is 1.96. The number of allylic oxidation sites excluding steroid dienone is 2. The predicted octanol–water partition coefficient (Wildman–Crippen LogP) is 4.27. The van der Waals surface area contributed by atoms with Gasteiger partial charge in [-0.25, -0.2) is 0 Å². The summed E-state index contributed by atoms with van der Waals surface area (Å²) in [5.74, 6) is 4.97. The van der Waals surface area contributed by atoms with Crippen LogP contribution in [0, 0.1) is 35.0 Å². The highest BCUT2D eigenvalue weighted by Crippen LogP contribution is 2.69. The molecular weight excluding hydrogens is 180 g/mol. The van der Waals surface area contributed by atoms with Gasteiger partial charge in [-0.3, -0.25) is 0 Å². The molecular formula is C15H24. The van der Waals surface area contributed by atoms with Crippen LogP contribution in [0.25, 0.3) is 0 Å². The molecule has 0 heteroatoms. The fraction of sp³-hybridized carbons (Fsp3) is 0.867. The van der Waals surface area contributed by atoms with Crippen LogP contribution in [0.5, 0.6) is 0 Å². The fourth-order valence-corrected chi connectivity index (χ4v) is 4.82. The van der Waals surface area contributed by atoms with E-state index in [0.717, 1.165) is 29.6 Å². The quantitative estimate of drug-likeness (QED) is 0.517. The molecule has 0 aromatic rings. The van der Waals surface area contributed by atoms with Crippen molar-refractivity contribution in [2.45, 2.75) is 47.0 Å². The number of hydrogen-bond donors (Lipinski definition) is 0. The zero-order valence-corrected chi connectivity index (χ0v) is 10.6. The molecule has 5 atom stereocenters. The lowest BCUT2D eigenvalue weighted by molar-refractivity contribution is 0.279. The molecule has 3 aliphatic carbocycles. The summed E-state index contributed by atoms with van der Waals surface area (Å²) in [5, 5.41) is 0. The molecule has 3 rings (SSSR count). The summed E-state index contributed by atoms with van der Waals surface area (Å²) in [5.41, 5.74) is 2.37. The van der Waals surface area contributed by atoms with Gasteiger partial charge in [0.2, 0.25) is 0 Å². The lowest BCUT2D eigenvalue weighted by atomic mass is 9.80. The summed E-state index contributed by atoms with van der Waals surface area (Å²) >= 11 is 0. The highest BCUT2D eigenvalue weighted by atomic mass is 14.7. The first-order valence-corrected chi connectivity index (χ1v) is 6.70. The maximum Gasteiger partial charge on any atom is -0.0172 e. The molecule has 3 aliphatic rings. The second kappa shape index (κ2) is 2.90. The van der Waals surface area contributed by atoms with Crippen LogP contribution < -0.4 is 0 Å². The van der Waals surface area contributed by atoms with Crippen molar-refractivity contribution in [1.82, 2.24) is 0 Å². The molecule has 0 unspecified atom stereocenters. The Morgan fingerprint density at radius 3 is 2.73 bits per heavy atom. The van der Waals surface area contributed by atoms with Gasteiger partial charge in [-0.05, 0) is 61.2 Å². The lowest BCUT2D eigenvalue weighted by Crippen LogP contribution is -2.18. The van der Waals surface area contributed by atoms with Gasteiger partial charge in [0.25, 0.3) is 0 Å². The third-order valence-electron chi connectivity index (χ3n) is 5.89. The molecule has 84 valence electrons. The average molecular weight is 204 g/mol. The highest BCUT2D eigenvalue weighted by molar-refractivity contribution is 5.22. The fourth-order valence-electron chi connectivity index (χ4n) is 4.82. The maximum absolute atomic E-state index is 2.56. The van der Waals surface area contributed by atoms with E-state index in [2.05, 4.69) is 33.8 Å². The Morgan fingerprint density at radius 1 is 1.27 bits per heavy atom. The van der Waals surface area contributed by atoms with E-state index in [-0.39, 0.29) is 0 Å². The van der Waals surface area contributed by atoms with Gasteiger partial charge in [0.1, 0.15) is 0 Å². The van der Waals surface area contributed by atoms with Crippen LogP contribution in [-0.4, -0.2) is 0 Å². The van der Waals surface area contributed by atoms with Gasteiger partial charge in [-0.15, -0.1) is 0 Å². The summed E-state index contributed by atoms with van der Waals surface area (Å²) < 4.78 is 0. The van der Waals surface area contributed by atoms with Crippen molar-refractivity contribution in [1.29, 1.82) is 0 Å². The van der Waals surface area contributed by atoms with Crippen molar-refractivity contribution in [3.05, 3.63) is 11.6 Å². The van der Waals surface area contributed by atoms with E-state index in [0.29, 0.717) is 5.41 Å². The molecule has 2 saturated carbocycles. The molecule has 0 aromatic carbocycles. The van der Waals surface area contributed by atoms with Gasteiger partial charge in [-0.2, -0.15) is 0 Å². The SMILES string of the molecule is CC1=CC[C@H]2[C@@H]([C@@H]3[C@@H]1CC[C@@H]3C)C2(C)C. The van der Waals surface area contributed by atoms with Crippen LogP contribution in [-0.2, 0) is 0 Å². The first-order valence-electron chi connectivity index (χ1n) is 6.70. The average Bonchev–Trinajstić information content (AvgIpc) is 2.55. The minimum absolute atomic E-state index is 0.652. The molecule has 0 aromatic heterocycles. The van der Waals surface area contributed by atoms with Crippen molar-refractivity contribution < 1.29 is 0 Å². The molecule has 0 radical (unpaired) electrons. The zero-order chi connectivity index (χ0) is 10.8. The van der Waals surface area contributed by atoms with Crippen molar-refractivity contribution in [2.75, 3.05) is 0 Å². The van der Waals surface area contributed by atoms with Crippen LogP contribution in [0.1, 0.15) is 47.0 Å². The topological polar surface area (TPSA) is 0 Å². The van der Waals surface area contributed by atoms with Crippen LogP contribution in [0.2, 0.25) is 0 Å². The van der Waals surface area contributed by atoms with Gasteiger partial charge in [0, 0.05) is 0 Å². The van der Waals surface area contributed by atoms with Gasteiger partial charge in [0.15, 0.2) is 0 Å².